The number of aromatic nitrogens is 3. The predicted octanol–water partition coefficient (Wildman–Crippen LogP) is 5.13. The molecule has 0 aliphatic rings. The summed E-state index contributed by atoms with van der Waals surface area (Å²) in [6.45, 7) is 11.2. The fraction of sp³-hybridized carbons (Fsp3) is 0.520. The van der Waals surface area contributed by atoms with E-state index in [-0.39, 0.29) is 40.6 Å². The first-order valence-electron chi connectivity index (χ1n) is 12.3. The average Bonchev–Trinajstić information content (AvgIpc) is 3.55. The number of carbonyl (C=O) groups is 3. The lowest BCUT2D eigenvalue weighted by Crippen LogP contribution is -2.23. The molecular formula is C25H31N3O8S3. The molecule has 39 heavy (non-hydrogen) atoms. The number of esters is 2. The third-order valence-corrected chi connectivity index (χ3v) is 7.89. The van der Waals surface area contributed by atoms with E-state index < -0.39 is 24.0 Å². The molecule has 14 heteroatoms. The Kier molecular flexibility index (Phi) is 10.8. The van der Waals surface area contributed by atoms with Gasteiger partial charge in [-0.2, -0.15) is 0 Å². The third-order valence-electron chi connectivity index (χ3n) is 5.02. The molecule has 0 saturated carbocycles. The summed E-state index contributed by atoms with van der Waals surface area (Å²) >= 11 is 3.45. The number of carboxylic acid groups (broad SMARTS) is 1. The number of rotatable bonds is 14. The zero-order chi connectivity index (χ0) is 28.7. The van der Waals surface area contributed by atoms with E-state index in [1.54, 1.807) is 27.7 Å². The topological polar surface area (TPSA) is 147 Å². The molecule has 2 unspecified atom stereocenters. The lowest BCUT2D eigenvalue weighted by atomic mass is 10.1. The number of carboxylic acids is 1. The number of aryl methyl sites for hydroxylation is 3. The first-order chi connectivity index (χ1) is 18.5. The Bertz CT molecular complexity index is 1320. The van der Waals surface area contributed by atoms with Gasteiger partial charge in [0.1, 0.15) is 17.6 Å². The second kappa shape index (κ2) is 13.8. The van der Waals surface area contributed by atoms with Crippen LogP contribution < -0.4 is 9.47 Å². The molecule has 1 N–H and O–H groups in total. The summed E-state index contributed by atoms with van der Waals surface area (Å²) in [6, 6.07) is 0. The summed E-state index contributed by atoms with van der Waals surface area (Å²) in [4.78, 5) is 50.4. The highest BCUT2D eigenvalue weighted by molar-refractivity contribution is 7.14. The summed E-state index contributed by atoms with van der Waals surface area (Å²) in [5.41, 5.74) is 0.479. The van der Waals surface area contributed by atoms with Crippen LogP contribution >= 0.6 is 34.0 Å². The van der Waals surface area contributed by atoms with Crippen LogP contribution in [0.5, 0.6) is 11.8 Å². The van der Waals surface area contributed by atoms with Crippen molar-refractivity contribution in [1.82, 2.24) is 15.0 Å². The van der Waals surface area contributed by atoms with E-state index in [1.165, 1.54) is 11.3 Å². The minimum absolute atomic E-state index is 0.0642. The second-order valence-corrected chi connectivity index (χ2v) is 12.4. The Balaban J connectivity index is 1.55. The highest BCUT2D eigenvalue weighted by Gasteiger charge is 2.25. The van der Waals surface area contributed by atoms with Crippen molar-refractivity contribution in [3.63, 3.8) is 0 Å². The molecule has 2 atom stereocenters. The summed E-state index contributed by atoms with van der Waals surface area (Å²) in [5.74, 6) is -1.98. The molecule has 0 fully saturated rings. The molecule has 11 nitrogen and oxygen atoms in total. The van der Waals surface area contributed by atoms with E-state index >= 15 is 0 Å². The fourth-order valence-corrected chi connectivity index (χ4v) is 5.67. The van der Waals surface area contributed by atoms with Crippen molar-refractivity contribution in [3.8, 4) is 11.8 Å². The lowest BCUT2D eigenvalue weighted by molar-refractivity contribution is 0.0320. The van der Waals surface area contributed by atoms with Gasteiger partial charge in [-0.1, -0.05) is 13.8 Å². The first kappa shape index (κ1) is 30.4. The third kappa shape index (κ3) is 8.44. The van der Waals surface area contributed by atoms with Crippen molar-refractivity contribution >= 4 is 51.9 Å². The Morgan fingerprint density at radius 1 is 0.821 bits per heavy atom. The van der Waals surface area contributed by atoms with Crippen LogP contribution in [0.15, 0.2) is 0 Å². The van der Waals surface area contributed by atoms with E-state index in [2.05, 4.69) is 15.0 Å². The summed E-state index contributed by atoms with van der Waals surface area (Å²) < 4.78 is 22.3. The molecule has 0 aliphatic carbocycles. The van der Waals surface area contributed by atoms with Crippen LogP contribution in [-0.4, -0.2) is 63.9 Å². The molecule has 0 amide bonds. The molecule has 0 aliphatic heterocycles. The van der Waals surface area contributed by atoms with Gasteiger partial charge in [-0.15, -0.1) is 34.0 Å². The maximum atomic E-state index is 12.8. The predicted molar refractivity (Wildman–Crippen MR) is 147 cm³/mol. The Morgan fingerprint density at radius 2 is 1.36 bits per heavy atom. The first-order valence-corrected chi connectivity index (χ1v) is 14.7. The van der Waals surface area contributed by atoms with Gasteiger partial charge in [-0.25, -0.2) is 29.3 Å². The van der Waals surface area contributed by atoms with Crippen molar-refractivity contribution in [2.45, 2.75) is 60.5 Å². The van der Waals surface area contributed by atoms with Crippen LogP contribution in [0, 0.1) is 26.7 Å². The molecule has 3 rings (SSSR count). The van der Waals surface area contributed by atoms with Crippen LogP contribution in [0.3, 0.4) is 0 Å². The molecule has 0 bridgehead atoms. The molecule has 3 aromatic rings. The monoisotopic (exact) mass is 597 g/mol. The van der Waals surface area contributed by atoms with Crippen molar-refractivity contribution in [1.29, 1.82) is 0 Å². The van der Waals surface area contributed by atoms with Crippen molar-refractivity contribution < 1.29 is 38.4 Å². The number of hydrogen-bond acceptors (Lipinski definition) is 13. The SMILES string of the molecule is CCCOc1nc(C)sc1C(=O)OCC(C)Oc1nc(C)sc1C(=O)OCC(C)Cc1nc(C)sc1C(=O)O. The number of carbonyl (C=O) groups excluding carboxylic acids is 2. The molecule has 0 radical (unpaired) electrons. The van der Waals surface area contributed by atoms with Gasteiger partial charge in [-0.3, -0.25) is 0 Å². The molecule has 0 saturated heterocycles. The maximum Gasteiger partial charge on any atom is 0.354 e. The molecule has 0 spiro atoms. The zero-order valence-corrected chi connectivity index (χ0v) is 25.0. The Hall–Kier alpha value is -3.10. The van der Waals surface area contributed by atoms with Crippen molar-refractivity contribution in [2.24, 2.45) is 5.92 Å². The van der Waals surface area contributed by atoms with Gasteiger partial charge in [0.05, 0.1) is 33.9 Å². The van der Waals surface area contributed by atoms with Crippen LogP contribution in [0.2, 0.25) is 0 Å². The molecular weight excluding hydrogens is 566 g/mol. The van der Waals surface area contributed by atoms with Gasteiger partial charge in [0.25, 0.3) is 0 Å². The lowest BCUT2D eigenvalue weighted by Gasteiger charge is -2.15. The van der Waals surface area contributed by atoms with Gasteiger partial charge in [0.2, 0.25) is 11.8 Å². The van der Waals surface area contributed by atoms with Crippen LogP contribution in [0.25, 0.3) is 0 Å². The smallest absolute Gasteiger partial charge is 0.354 e. The van der Waals surface area contributed by atoms with E-state index in [1.807, 2.05) is 13.8 Å². The van der Waals surface area contributed by atoms with Gasteiger partial charge < -0.3 is 24.1 Å². The molecule has 212 valence electrons. The number of ether oxygens (including phenoxy) is 4. The standard InChI is InChI=1S/C25H31N3O8S3/c1-7-8-33-21-19(38-15(5)27-21)24(31)35-11-13(3)36-22-20(39-16(6)28-22)25(32)34-10-12(2)9-17-18(23(29)30)37-14(4)26-17/h12-13H,7-11H2,1-6H3,(H,29,30). The number of nitrogens with zero attached hydrogens (tertiary/aromatic N) is 3. The van der Waals surface area contributed by atoms with Gasteiger partial charge in [-0.05, 0) is 46.5 Å². The summed E-state index contributed by atoms with van der Waals surface area (Å²) in [7, 11) is 0. The van der Waals surface area contributed by atoms with Gasteiger partial charge in [0.15, 0.2) is 9.75 Å². The van der Waals surface area contributed by atoms with E-state index in [0.717, 1.165) is 29.1 Å². The average molecular weight is 598 g/mol. The number of aromatic carboxylic acids is 1. The zero-order valence-electron chi connectivity index (χ0n) is 22.6. The minimum atomic E-state index is -1.02. The molecule has 3 heterocycles. The summed E-state index contributed by atoms with van der Waals surface area (Å²) in [6.07, 6.45) is 0.540. The second-order valence-electron chi connectivity index (χ2n) is 8.83. The van der Waals surface area contributed by atoms with Crippen LogP contribution in [0.4, 0.5) is 0 Å². The molecule has 0 aromatic carbocycles. The molecule has 3 aromatic heterocycles. The fourth-order valence-electron chi connectivity index (χ4n) is 3.38. The van der Waals surface area contributed by atoms with Crippen LogP contribution in [0.1, 0.15) is 76.9 Å². The number of thiazole rings is 3. The van der Waals surface area contributed by atoms with E-state index in [0.29, 0.717) is 38.6 Å². The van der Waals surface area contributed by atoms with Crippen LogP contribution in [-0.2, 0) is 15.9 Å². The largest absolute Gasteiger partial charge is 0.477 e. The van der Waals surface area contributed by atoms with Crippen molar-refractivity contribution in [2.75, 3.05) is 19.8 Å². The Morgan fingerprint density at radius 3 is 1.97 bits per heavy atom. The van der Waals surface area contributed by atoms with Gasteiger partial charge in [0, 0.05) is 0 Å². The normalized spacial score (nSPS) is 12.6. The maximum absolute atomic E-state index is 12.8. The minimum Gasteiger partial charge on any atom is -0.477 e. The van der Waals surface area contributed by atoms with E-state index in [9.17, 15) is 19.5 Å². The van der Waals surface area contributed by atoms with Gasteiger partial charge >= 0.3 is 17.9 Å². The summed E-state index contributed by atoms with van der Waals surface area (Å²) in [5, 5.41) is 11.3. The number of hydrogen-bond donors (Lipinski definition) is 1. The quantitative estimate of drug-likeness (QED) is 0.247. The Labute approximate surface area is 238 Å². The highest BCUT2D eigenvalue weighted by atomic mass is 32.1. The van der Waals surface area contributed by atoms with E-state index in [4.69, 9.17) is 18.9 Å². The highest BCUT2D eigenvalue weighted by Crippen LogP contribution is 2.29. The van der Waals surface area contributed by atoms with Crippen molar-refractivity contribution in [3.05, 3.63) is 35.3 Å².